The third-order valence-corrected chi connectivity index (χ3v) is 4.53. The summed E-state index contributed by atoms with van der Waals surface area (Å²) >= 11 is 0. The molecule has 134 valence electrons. The van der Waals surface area contributed by atoms with Gasteiger partial charge in [0.25, 0.3) is 5.91 Å². The lowest BCUT2D eigenvalue weighted by atomic mass is 10.1. The van der Waals surface area contributed by atoms with Crippen molar-refractivity contribution in [3.8, 4) is 0 Å². The van der Waals surface area contributed by atoms with Gasteiger partial charge in [0.15, 0.2) is 5.82 Å². The van der Waals surface area contributed by atoms with Crippen LogP contribution in [0.5, 0.6) is 0 Å². The Kier molecular flexibility index (Phi) is 4.49. The maximum Gasteiger partial charge on any atom is 0.286 e. The summed E-state index contributed by atoms with van der Waals surface area (Å²) in [5, 5.41) is 4.50. The van der Waals surface area contributed by atoms with Gasteiger partial charge in [0.2, 0.25) is 5.82 Å². The molecule has 0 radical (unpaired) electrons. The van der Waals surface area contributed by atoms with E-state index in [1.807, 2.05) is 17.0 Å². The van der Waals surface area contributed by atoms with Crippen molar-refractivity contribution >= 4 is 23.3 Å². The summed E-state index contributed by atoms with van der Waals surface area (Å²) in [7, 11) is 0. The zero-order chi connectivity index (χ0) is 17.9. The van der Waals surface area contributed by atoms with Crippen LogP contribution in [0.15, 0.2) is 35.4 Å². The molecule has 2 aromatic rings. The number of fused-ring (bicyclic) bond motifs is 1. The number of nitrogens with one attached hydrogen (secondary N) is 1. The molecular formula is C18H20N6O2. The number of primary amides is 1. The van der Waals surface area contributed by atoms with Gasteiger partial charge in [-0.05, 0) is 18.4 Å². The van der Waals surface area contributed by atoms with Crippen LogP contribution < -0.4 is 16.1 Å². The molecular weight excluding hydrogens is 332 g/mol. The van der Waals surface area contributed by atoms with Crippen LogP contribution in [0.25, 0.3) is 0 Å². The minimum atomic E-state index is -0.665. The van der Waals surface area contributed by atoms with E-state index in [0.717, 1.165) is 24.1 Å². The lowest BCUT2D eigenvalue weighted by Gasteiger charge is -2.28. The van der Waals surface area contributed by atoms with Crippen molar-refractivity contribution in [3.63, 3.8) is 0 Å². The molecule has 4 rings (SSSR count). The largest absolute Gasteiger partial charge is 0.378 e. The number of morpholine rings is 1. The van der Waals surface area contributed by atoms with Crippen LogP contribution >= 0.6 is 0 Å². The maximum absolute atomic E-state index is 11.6. The second-order valence-corrected chi connectivity index (χ2v) is 6.23. The SMILES string of the molecule is NC(=O)c1nc(NN=C2CCc3ccccc32)cc(N2CCOCC2)n1. The lowest BCUT2D eigenvalue weighted by Crippen LogP contribution is -2.37. The van der Waals surface area contributed by atoms with Gasteiger partial charge >= 0.3 is 0 Å². The molecule has 1 aromatic carbocycles. The number of carbonyl (C=O) groups is 1. The molecule has 0 saturated carbocycles. The number of ether oxygens (including phenoxy) is 1. The average Bonchev–Trinajstić information content (AvgIpc) is 3.10. The van der Waals surface area contributed by atoms with Crippen molar-refractivity contribution in [1.29, 1.82) is 0 Å². The first-order valence-electron chi connectivity index (χ1n) is 8.63. The molecule has 8 nitrogen and oxygen atoms in total. The molecule has 1 aliphatic heterocycles. The monoisotopic (exact) mass is 352 g/mol. The van der Waals surface area contributed by atoms with Gasteiger partial charge in [-0.25, -0.2) is 9.97 Å². The van der Waals surface area contributed by atoms with Crippen LogP contribution in [0.4, 0.5) is 11.6 Å². The van der Waals surface area contributed by atoms with Crippen LogP contribution in [-0.4, -0.2) is 47.9 Å². The summed E-state index contributed by atoms with van der Waals surface area (Å²) in [6.45, 7) is 2.66. The average molecular weight is 352 g/mol. The van der Waals surface area contributed by atoms with Gasteiger partial charge in [-0.15, -0.1) is 0 Å². The number of hydrogen-bond donors (Lipinski definition) is 2. The first-order valence-corrected chi connectivity index (χ1v) is 8.63. The number of nitrogens with two attached hydrogens (primary N) is 1. The van der Waals surface area contributed by atoms with E-state index in [-0.39, 0.29) is 5.82 Å². The normalized spacial score (nSPS) is 18.0. The number of amides is 1. The Hall–Kier alpha value is -3.00. The predicted molar refractivity (Wildman–Crippen MR) is 98.5 cm³/mol. The third kappa shape index (κ3) is 3.36. The highest BCUT2D eigenvalue weighted by molar-refractivity contribution is 6.04. The van der Waals surface area contributed by atoms with Crippen molar-refractivity contribution in [2.24, 2.45) is 10.8 Å². The van der Waals surface area contributed by atoms with E-state index < -0.39 is 5.91 Å². The summed E-state index contributed by atoms with van der Waals surface area (Å²) in [6.07, 6.45) is 1.85. The fraction of sp³-hybridized carbons (Fsp3) is 0.333. The van der Waals surface area contributed by atoms with Crippen LogP contribution in [0, 0.1) is 0 Å². The molecule has 3 N–H and O–H groups in total. The number of nitrogens with zero attached hydrogens (tertiary/aromatic N) is 4. The molecule has 1 aromatic heterocycles. The van der Waals surface area contributed by atoms with Crippen molar-refractivity contribution in [3.05, 3.63) is 47.3 Å². The molecule has 1 amide bonds. The number of aromatic nitrogens is 2. The Balaban J connectivity index is 1.61. The summed E-state index contributed by atoms with van der Waals surface area (Å²) in [5.74, 6) is 0.407. The van der Waals surface area contributed by atoms with Crippen LogP contribution in [0.2, 0.25) is 0 Å². The maximum atomic E-state index is 11.6. The van der Waals surface area contributed by atoms with Crippen molar-refractivity contribution in [1.82, 2.24) is 9.97 Å². The van der Waals surface area contributed by atoms with Crippen LogP contribution in [0.1, 0.15) is 28.2 Å². The van der Waals surface area contributed by atoms with Crippen LogP contribution in [-0.2, 0) is 11.2 Å². The number of benzene rings is 1. The Bertz CT molecular complexity index is 861. The minimum absolute atomic E-state index is 0.0245. The first-order chi connectivity index (χ1) is 12.7. The van der Waals surface area contributed by atoms with Gasteiger partial charge < -0.3 is 15.4 Å². The molecule has 1 aliphatic carbocycles. The highest BCUT2D eigenvalue weighted by Crippen LogP contribution is 2.23. The van der Waals surface area contributed by atoms with Crippen molar-refractivity contribution in [2.75, 3.05) is 36.6 Å². The van der Waals surface area contributed by atoms with E-state index in [9.17, 15) is 4.79 Å². The van der Waals surface area contributed by atoms with Gasteiger partial charge in [0, 0.05) is 24.7 Å². The Morgan fingerprint density at radius 3 is 2.81 bits per heavy atom. The zero-order valence-corrected chi connectivity index (χ0v) is 14.3. The predicted octanol–water partition coefficient (Wildman–Crippen LogP) is 1.17. The number of rotatable bonds is 4. The highest BCUT2D eigenvalue weighted by Gasteiger charge is 2.19. The van der Waals surface area contributed by atoms with Gasteiger partial charge in [-0.1, -0.05) is 24.3 Å². The Labute approximate surface area is 151 Å². The van der Waals surface area contributed by atoms with E-state index in [0.29, 0.717) is 37.9 Å². The zero-order valence-electron chi connectivity index (χ0n) is 14.3. The van der Waals surface area contributed by atoms with E-state index in [4.69, 9.17) is 10.5 Å². The number of hydrogen-bond acceptors (Lipinski definition) is 7. The summed E-state index contributed by atoms with van der Waals surface area (Å²) in [5.41, 5.74) is 11.8. The summed E-state index contributed by atoms with van der Waals surface area (Å²) in [4.78, 5) is 22.1. The van der Waals surface area contributed by atoms with Crippen molar-refractivity contribution in [2.45, 2.75) is 12.8 Å². The van der Waals surface area contributed by atoms with Gasteiger partial charge in [-0.3, -0.25) is 10.2 Å². The standard InChI is InChI=1S/C18H20N6O2/c19-17(25)18-20-15(11-16(21-18)24-7-9-26-10-8-24)23-22-14-6-5-12-3-1-2-4-13(12)14/h1-4,11H,5-10H2,(H2,19,25)(H,20,21,23). The van der Waals surface area contributed by atoms with E-state index in [1.54, 1.807) is 6.07 Å². The number of hydrazone groups is 1. The summed E-state index contributed by atoms with van der Waals surface area (Å²) < 4.78 is 5.36. The fourth-order valence-electron chi connectivity index (χ4n) is 3.20. The second-order valence-electron chi connectivity index (χ2n) is 6.23. The molecule has 1 fully saturated rings. The van der Waals surface area contributed by atoms with Crippen molar-refractivity contribution < 1.29 is 9.53 Å². The van der Waals surface area contributed by atoms with Gasteiger partial charge in [0.1, 0.15) is 5.82 Å². The smallest absolute Gasteiger partial charge is 0.286 e. The molecule has 8 heteroatoms. The quantitative estimate of drug-likeness (QED) is 0.800. The van der Waals surface area contributed by atoms with Gasteiger partial charge in [-0.2, -0.15) is 5.10 Å². The minimum Gasteiger partial charge on any atom is -0.378 e. The van der Waals surface area contributed by atoms with Crippen LogP contribution in [0.3, 0.4) is 0 Å². The molecule has 2 heterocycles. The summed E-state index contributed by atoms with van der Waals surface area (Å²) in [6, 6.07) is 10.0. The van der Waals surface area contributed by atoms with E-state index >= 15 is 0 Å². The third-order valence-electron chi connectivity index (χ3n) is 4.53. The molecule has 0 spiro atoms. The molecule has 1 saturated heterocycles. The number of anilines is 2. The number of aryl methyl sites for hydroxylation is 1. The van der Waals surface area contributed by atoms with Gasteiger partial charge in [0.05, 0.1) is 18.9 Å². The topological polar surface area (TPSA) is 106 Å². The molecule has 0 unspecified atom stereocenters. The second kappa shape index (κ2) is 7.09. The van der Waals surface area contributed by atoms with E-state index in [2.05, 4.69) is 32.6 Å². The molecule has 0 bridgehead atoms. The Morgan fingerprint density at radius 2 is 2.00 bits per heavy atom. The Morgan fingerprint density at radius 1 is 1.19 bits per heavy atom. The molecule has 26 heavy (non-hydrogen) atoms. The first kappa shape index (κ1) is 16.5. The number of carbonyl (C=O) groups excluding carboxylic acids is 1. The fourth-order valence-corrected chi connectivity index (χ4v) is 3.20. The highest BCUT2D eigenvalue weighted by atomic mass is 16.5. The molecule has 0 atom stereocenters. The lowest BCUT2D eigenvalue weighted by molar-refractivity contribution is 0.0990. The molecule has 2 aliphatic rings. The van der Waals surface area contributed by atoms with E-state index in [1.165, 1.54) is 5.56 Å².